The second-order valence-electron chi connectivity index (χ2n) is 3.82. The van der Waals surface area contributed by atoms with E-state index in [2.05, 4.69) is 21.2 Å². The summed E-state index contributed by atoms with van der Waals surface area (Å²) in [6, 6.07) is 5.03. The van der Waals surface area contributed by atoms with Crippen molar-refractivity contribution in [3.8, 4) is 5.75 Å². The number of nitrogens with two attached hydrogens (primary N) is 1. The van der Waals surface area contributed by atoms with Crippen molar-refractivity contribution in [3.05, 3.63) is 28.2 Å². The lowest BCUT2D eigenvalue weighted by atomic mass is 10.2. The fourth-order valence-corrected chi connectivity index (χ4v) is 2.35. The third-order valence-electron chi connectivity index (χ3n) is 2.31. The third-order valence-corrected chi connectivity index (χ3v) is 3.86. The molecule has 0 aliphatic rings. The Morgan fingerprint density at radius 2 is 2.16 bits per heavy atom. The van der Waals surface area contributed by atoms with Gasteiger partial charge in [0.05, 0.1) is 18.4 Å². The standard InChI is InChI=1S/C11H15BrN2O4S/c1-18-8-3-4-10(12)9(7-8)11(15)14-5-2-6-19(13,16)17/h3-4,7H,2,5-6H2,1H3,(H,14,15)(H2,13,16,17). The molecule has 0 fully saturated rings. The Bertz CT molecular complexity index is 560. The predicted octanol–water partition coefficient (Wildman–Crippen LogP) is 0.866. The number of carbonyl (C=O) groups is 1. The van der Waals surface area contributed by atoms with E-state index in [-0.39, 0.29) is 24.6 Å². The molecule has 0 unspecified atom stereocenters. The summed E-state index contributed by atoms with van der Waals surface area (Å²) in [4.78, 5) is 11.9. The summed E-state index contributed by atoms with van der Waals surface area (Å²) < 4.78 is 27.1. The number of carbonyl (C=O) groups excluding carboxylic acids is 1. The van der Waals surface area contributed by atoms with Crippen LogP contribution in [0.1, 0.15) is 16.8 Å². The molecule has 0 saturated heterocycles. The van der Waals surface area contributed by atoms with Crippen molar-refractivity contribution < 1.29 is 17.9 Å². The number of primary sulfonamides is 1. The summed E-state index contributed by atoms with van der Waals surface area (Å²) in [5.74, 6) is 0.102. The first-order valence-electron chi connectivity index (χ1n) is 5.45. The number of hydrogen-bond acceptors (Lipinski definition) is 4. The number of nitrogens with one attached hydrogen (secondary N) is 1. The van der Waals surface area contributed by atoms with Crippen LogP contribution in [-0.2, 0) is 10.0 Å². The molecule has 8 heteroatoms. The molecule has 1 aromatic carbocycles. The Morgan fingerprint density at radius 1 is 1.47 bits per heavy atom. The lowest BCUT2D eigenvalue weighted by Crippen LogP contribution is -2.27. The number of amides is 1. The lowest BCUT2D eigenvalue weighted by Gasteiger charge is -2.08. The Labute approximate surface area is 120 Å². The minimum atomic E-state index is -3.49. The largest absolute Gasteiger partial charge is 0.497 e. The predicted molar refractivity (Wildman–Crippen MR) is 75.6 cm³/mol. The molecule has 0 atom stereocenters. The van der Waals surface area contributed by atoms with Crippen LogP contribution in [0.5, 0.6) is 5.75 Å². The van der Waals surface area contributed by atoms with Crippen LogP contribution in [0.15, 0.2) is 22.7 Å². The Kier molecular flexibility index (Phi) is 5.77. The van der Waals surface area contributed by atoms with Gasteiger partial charge in [-0.15, -0.1) is 0 Å². The van der Waals surface area contributed by atoms with Gasteiger partial charge in [-0.25, -0.2) is 13.6 Å². The van der Waals surface area contributed by atoms with Crippen LogP contribution in [0.4, 0.5) is 0 Å². The van der Waals surface area contributed by atoms with Gasteiger partial charge in [0.25, 0.3) is 5.91 Å². The minimum Gasteiger partial charge on any atom is -0.497 e. The van der Waals surface area contributed by atoms with Crippen molar-refractivity contribution in [1.82, 2.24) is 5.32 Å². The summed E-state index contributed by atoms with van der Waals surface area (Å²) >= 11 is 3.27. The van der Waals surface area contributed by atoms with Gasteiger partial charge in [-0.05, 0) is 40.5 Å². The zero-order valence-corrected chi connectivity index (χ0v) is 12.8. The first-order chi connectivity index (χ1) is 8.83. The van der Waals surface area contributed by atoms with Crippen LogP contribution in [0.25, 0.3) is 0 Å². The number of halogens is 1. The summed E-state index contributed by atoms with van der Waals surface area (Å²) in [6.07, 6.45) is 0.270. The highest BCUT2D eigenvalue weighted by atomic mass is 79.9. The molecule has 0 aliphatic carbocycles. The number of ether oxygens (including phenoxy) is 1. The lowest BCUT2D eigenvalue weighted by molar-refractivity contribution is 0.0952. The van der Waals surface area contributed by atoms with Gasteiger partial charge in [-0.1, -0.05) is 0 Å². The van der Waals surface area contributed by atoms with E-state index in [0.29, 0.717) is 15.8 Å². The highest BCUT2D eigenvalue weighted by Gasteiger charge is 2.11. The summed E-state index contributed by atoms with van der Waals surface area (Å²) in [6.45, 7) is 0.235. The zero-order valence-electron chi connectivity index (χ0n) is 10.3. The van der Waals surface area contributed by atoms with Gasteiger partial charge in [0.15, 0.2) is 0 Å². The molecule has 106 valence electrons. The molecule has 0 saturated carbocycles. The first-order valence-corrected chi connectivity index (χ1v) is 7.96. The van der Waals surface area contributed by atoms with Crippen LogP contribution in [-0.4, -0.2) is 33.7 Å². The van der Waals surface area contributed by atoms with Gasteiger partial charge < -0.3 is 10.1 Å². The SMILES string of the molecule is COc1ccc(Br)c(C(=O)NCCCS(N)(=O)=O)c1. The number of hydrogen-bond donors (Lipinski definition) is 2. The quantitative estimate of drug-likeness (QED) is 0.743. The van der Waals surface area contributed by atoms with E-state index in [1.54, 1.807) is 18.2 Å². The van der Waals surface area contributed by atoms with Crippen molar-refractivity contribution in [2.45, 2.75) is 6.42 Å². The second-order valence-corrected chi connectivity index (χ2v) is 6.41. The first kappa shape index (κ1) is 15.9. The van der Waals surface area contributed by atoms with Crippen LogP contribution in [0.2, 0.25) is 0 Å². The third kappa shape index (κ3) is 5.58. The van der Waals surface area contributed by atoms with Gasteiger partial charge in [0, 0.05) is 11.0 Å². The van der Waals surface area contributed by atoms with Crippen LogP contribution < -0.4 is 15.2 Å². The Morgan fingerprint density at radius 3 is 2.74 bits per heavy atom. The molecule has 1 amide bonds. The van der Waals surface area contributed by atoms with Gasteiger partial charge in [-0.3, -0.25) is 4.79 Å². The molecule has 1 rings (SSSR count). The van der Waals surface area contributed by atoms with E-state index < -0.39 is 10.0 Å². The fourth-order valence-electron chi connectivity index (χ4n) is 1.38. The van der Waals surface area contributed by atoms with Crippen LogP contribution in [0.3, 0.4) is 0 Å². The molecule has 1 aromatic rings. The van der Waals surface area contributed by atoms with Gasteiger partial charge in [0.2, 0.25) is 10.0 Å². The van der Waals surface area contributed by atoms with Crippen LogP contribution >= 0.6 is 15.9 Å². The number of rotatable bonds is 6. The maximum atomic E-state index is 11.9. The zero-order chi connectivity index (χ0) is 14.5. The van der Waals surface area contributed by atoms with E-state index in [1.165, 1.54) is 7.11 Å². The summed E-state index contributed by atoms with van der Waals surface area (Å²) in [5, 5.41) is 7.48. The monoisotopic (exact) mass is 350 g/mol. The molecule has 0 bridgehead atoms. The average molecular weight is 351 g/mol. The molecule has 0 radical (unpaired) electrons. The number of benzene rings is 1. The molecule has 0 aliphatic heterocycles. The van der Waals surface area contributed by atoms with Gasteiger partial charge >= 0.3 is 0 Å². The summed E-state index contributed by atoms with van der Waals surface area (Å²) in [7, 11) is -1.98. The normalized spacial score (nSPS) is 11.1. The van der Waals surface area contributed by atoms with Crippen molar-refractivity contribution in [2.24, 2.45) is 5.14 Å². The van der Waals surface area contributed by atoms with Crippen molar-refractivity contribution in [3.63, 3.8) is 0 Å². The molecule has 3 N–H and O–H groups in total. The highest BCUT2D eigenvalue weighted by molar-refractivity contribution is 9.10. The van der Waals surface area contributed by atoms with Gasteiger partial charge in [-0.2, -0.15) is 0 Å². The molecule has 19 heavy (non-hydrogen) atoms. The van der Waals surface area contributed by atoms with E-state index in [4.69, 9.17) is 9.88 Å². The maximum absolute atomic E-state index is 11.9. The van der Waals surface area contributed by atoms with Crippen molar-refractivity contribution in [2.75, 3.05) is 19.4 Å². The highest BCUT2D eigenvalue weighted by Crippen LogP contribution is 2.22. The fraction of sp³-hybridized carbons (Fsp3) is 0.364. The van der Waals surface area contributed by atoms with E-state index in [1.807, 2.05) is 0 Å². The van der Waals surface area contributed by atoms with Crippen molar-refractivity contribution >= 4 is 31.9 Å². The topological polar surface area (TPSA) is 98.5 Å². The summed E-state index contributed by atoms with van der Waals surface area (Å²) in [5.41, 5.74) is 0.426. The molecule has 6 nitrogen and oxygen atoms in total. The molecular weight excluding hydrogens is 336 g/mol. The average Bonchev–Trinajstić information content (AvgIpc) is 2.34. The Hall–Kier alpha value is -1.12. The van der Waals surface area contributed by atoms with Crippen LogP contribution in [0, 0.1) is 0 Å². The molecule has 0 heterocycles. The Balaban J connectivity index is 2.58. The number of sulfonamides is 1. The smallest absolute Gasteiger partial charge is 0.252 e. The number of methoxy groups -OCH3 is 1. The van der Waals surface area contributed by atoms with E-state index in [0.717, 1.165) is 0 Å². The van der Waals surface area contributed by atoms with Gasteiger partial charge in [0.1, 0.15) is 5.75 Å². The van der Waals surface area contributed by atoms with E-state index >= 15 is 0 Å². The van der Waals surface area contributed by atoms with E-state index in [9.17, 15) is 13.2 Å². The maximum Gasteiger partial charge on any atom is 0.252 e. The molecular formula is C11H15BrN2O4S. The second kappa shape index (κ2) is 6.88. The molecule has 0 aromatic heterocycles. The van der Waals surface area contributed by atoms with Crippen molar-refractivity contribution in [1.29, 1.82) is 0 Å². The molecule has 0 spiro atoms. The minimum absolute atomic E-state index is 0.160.